The molecule has 0 radical (unpaired) electrons. The van der Waals surface area contributed by atoms with E-state index in [0.717, 1.165) is 0 Å². The summed E-state index contributed by atoms with van der Waals surface area (Å²) < 4.78 is 41.5. The van der Waals surface area contributed by atoms with Gasteiger partial charge in [-0.2, -0.15) is 8.78 Å². The number of alkyl halides is 2. The Hall–Kier alpha value is -3.15. The van der Waals surface area contributed by atoms with E-state index in [9.17, 15) is 18.4 Å². The second kappa shape index (κ2) is 11.1. The van der Waals surface area contributed by atoms with Gasteiger partial charge >= 0.3 is 36.2 Å². The molecule has 8 nitrogen and oxygen atoms in total. The number of hydrogen-bond donors (Lipinski definition) is 1. The fourth-order valence-electron chi connectivity index (χ4n) is 3.57. The first-order valence-electron chi connectivity index (χ1n) is 10.2. The summed E-state index contributed by atoms with van der Waals surface area (Å²) in [6.45, 7) is -3.13. The Bertz CT molecular complexity index is 1610. The molecule has 182 valence electrons. The third kappa shape index (κ3) is 5.43. The molecule has 1 N–H and O–H groups in total. The zero-order chi connectivity index (χ0) is 25.4. The van der Waals surface area contributed by atoms with Gasteiger partial charge in [-0.1, -0.05) is 28.9 Å². The minimum absolute atomic E-state index is 0. The molecule has 0 spiro atoms. The maximum absolute atomic E-state index is 13.2. The predicted molar refractivity (Wildman–Crippen MR) is 129 cm³/mol. The number of furan rings is 2. The number of halogens is 4. The topological polar surface area (TPSA) is 109 Å². The van der Waals surface area contributed by atoms with Crippen molar-refractivity contribution in [2.45, 2.75) is 6.61 Å². The first-order valence-corrected chi connectivity index (χ1v) is 10.9. The molecular weight excluding hydrogens is 542 g/mol. The van der Waals surface area contributed by atoms with Gasteiger partial charge in [0.1, 0.15) is 5.58 Å². The van der Waals surface area contributed by atoms with Crippen LogP contribution in [-0.4, -0.2) is 23.4 Å². The van der Waals surface area contributed by atoms with Crippen molar-refractivity contribution in [3.05, 3.63) is 87.8 Å². The third-order valence-electron chi connectivity index (χ3n) is 5.07. The number of rotatable bonds is 6. The number of anilines is 1. The van der Waals surface area contributed by atoms with Crippen LogP contribution in [0.1, 0.15) is 20.9 Å². The van der Waals surface area contributed by atoms with Crippen molar-refractivity contribution >= 4 is 68.3 Å². The van der Waals surface area contributed by atoms with E-state index in [0.29, 0.717) is 11.1 Å². The van der Waals surface area contributed by atoms with Crippen molar-refractivity contribution in [3.8, 4) is 5.75 Å². The fourth-order valence-corrected chi connectivity index (χ4v) is 4.02. The molecule has 2 aromatic carbocycles. The van der Waals surface area contributed by atoms with Gasteiger partial charge in [0.2, 0.25) is 0 Å². The van der Waals surface area contributed by atoms with Gasteiger partial charge in [0.15, 0.2) is 17.1 Å². The first kappa shape index (κ1) is 26.9. The predicted octanol–water partition coefficient (Wildman–Crippen LogP) is 4.58. The van der Waals surface area contributed by atoms with Crippen LogP contribution in [0.2, 0.25) is 10.0 Å². The number of nitrogens with zero attached hydrogens (tertiary/aromatic N) is 2. The number of amides is 2. The van der Waals surface area contributed by atoms with Crippen molar-refractivity contribution in [1.82, 2.24) is 4.98 Å². The maximum Gasteiger partial charge on any atom is 1.00 e. The second-order valence-corrected chi connectivity index (χ2v) is 8.12. The van der Waals surface area contributed by atoms with Gasteiger partial charge in [-0.3, -0.25) is 9.78 Å². The van der Waals surface area contributed by atoms with E-state index in [4.69, 9.17) is 32.0 Å². The molecule has 0 aliphatic rings. The summed E-state index contributed by atoms with van der Waals surface area (Å²) in [7, 11) is 0. The molecule has 0 saturated carbocycles. The molecule has 0 atom stereocenters. The van der Waals surface area contributed by atoms with Crippen LogP contribution in [-0.2, 0) is 0 Å². The van der Waals surface area contributed by atoms with Crippen molar-refractivity contribution in [2.24, 2.45) is 0 Å². The SMILES string of the molecule is O=C(Nc1ccc2oc3c(OC(F)F)ccc(C(=O)[N-]c4c(Cl)cncc4Cl)c3c2c1)c1ccco1.[Na+]. The van der Waals surface area contributed by atoms with E-state index in [1.165, 1.54) is 49.0 Å². The Morgan fingerprint density at radius 3 is 2.51 bits per heavy atom. The van der Waals surface area contributed by atoms with Crippen LogP contribution >= 0.6 is 23.2 Å². The molecule has 0 bridgehead atoms. The summed E-state index contributed by atoms with van der Waals surface area (Å²) in [5.41, 5.74) is 0.484. The molecule has 5 aromatic rings. The Morgan fingerprint density at radius 1 is 1.08 bits per heavy atom. The van der Waals surface area contributed by atoms with Crippen LogP contribution in [0.3, 0.4) is 0 Å². The Balaban J connectivity index is 0.00000320. The van der Waals surface area contributed by atoms with E-state index < -0.39 is 18.4 Å². The smallest absolute Gasteiger partial charge is 0.620 e. The molecule has 0 fully saturated rings. The Kier molecular flexibility index (Phi) is 8.05. The number of hydrogen-bond acceptors (Lipinski definition) is 6. The van der Waals surface area contributed by atoms with Gasteiger partial charge in [0.05, 0.1) is 12.2 Å². The summed E-state index contributed by atoms with van der Waals surface area (Å²) in [6, 6.07) is 10.1. The number of fused-ring (bicyclic) bond motifs is 3. The molecule has 3 heterocycles. The standard InChI is InChI=1S/C24H13Cl2F2N3O5.Na/c25-14-9-29-10-15(26)20(14)31-22(32)12-4-6-17(36-24(27)28)21-19(12)13-8-11(3-5-16(13)35-21)30-23(33)18-2-1-7-34-18;/h1-10,24H,(H2,29,30,31,32,33);/q;+1/p-1. The van der Waals surface area contributed by atoms with E-state index in [1.54, 1.807) is 12.1 Å². The molecule has 13 heteroatoms. The molecule has 0 unspecified atom stereocenters. The van der Waals surface area contributed by atoms with Crippen LogP contribution in [0.5, 0.6) is 5.75 Å². The summed E-state index contributed by atoms with van der Waals surface area (Å²) in [5.74, 6) is -1.48. The van der Waals surface area contributed by atoms with Crippen molar-refractivity contribution in [2.75, 3.05) is 5.32 Å². The maximum atomic E-state index is 13.2. The fraction of sp³-hybridized carbons (Fsp3) is 0.0417. The molecule has 0 aliphatic carbocycles. The third-order valence-corrected chi connectivity index (χ3v) is 5.63. The number of carbonyl (C=O) groups excluding carboxylic acids is 2. The van der Waals surface area contributed by atoms with E-state index in [1.807, 2.05) is 0 Å². The van der Waals surface area contributed by atoms with Gasteiger partial charge in [0.25, 0.3) is 5.91 Å². The molecular formula is C24H12Cl2F2N3NaO5. The van der Waals surface area contributed by atoms with Gasteiger partial charge < -0.3 is 29.0 Å². The number of nitrogens with one attached hydrogen (secondary N) is 1. The molecule has 5 rings (SSSR count). The largest absolute Gasteiger partial charge is 1.00 e. The minimum Gasteiger partial charge on any atom is -0.620 e. The number of benzene rings is 2. The summed E-state index contributed by atoms with van der Waals surface area (Å²) in [4.78, 5) is 29.4. The minimum atomic E-state index is -3.13. The number of ether oxygens (including phenoxy) is 1. The van der Waals surface area contributed by atoms with Gasteiger partial charge in [-0.25, -0.2) is 0 Å². The average molecular weight is 554 g/mol. The molecule has 3 aromatic heterocycles. The zero-order valence-electron chi connectivity index (χ0n) is 18.8. The van der Waals surface area contributed by atoms with E-state index in [2.05, 4.69) is 20.4 Å². The summed E-state index contributed by atoms with van der Waals surface area (Å²) in [5, 5.41) is 7.25. The number of carbonyl (C=O) groups is 2. The Labute approximate surface area is 239 Å². The number of pyridine rings is 1. The van der Waals surface area contributed by atoms with Gasteiger partial charge in [0, 0.05) is 44.5 Å². The summed E-state index contributed by atoms with van der Waals surface area (Å²) >= 11 is 12.2. The van der Waals surface area contributed by atoms with Crippen LogP contribution < -0.4 is 39.6 Å². The van der Waals surface area contributed by atoms with Crippen LogP contribution in [0.25, 0.3) is 27.3 Å². The van der Waals surface area contributed by atoms with Crippen molar-refractivity contribution in [3.63, 3.8) is 0 Å². The Morgan fingerprint density at radius 2 is 1.84 bits per heavy atom. The molecule has 2 amide bonds. The van der Waals surface area contributed by atoms with Crippen molar-refractivity contribution in [1.29, 1.82) is 0 Å². The average Bonchev–Trinajstić information content (AvgIpc) is 3.50. The van der Waals surface area contributed by atoms with Gasteiger partial charge in [-0.15, -0.1) is 0 Å². The molecule has 37 heavy (non-hydrogen) atoms. The van der Waals surface area contributed by atoms with Crippen LogP contribution in [0.15, 0.2) is 70.0 Å². The molecule has 0 saturated heterocycles. The molecule has 0 aliphatic heterocycles. The quantitative estimate of drug-likeness (QED) is 0.308. The number of aromatic nitrogens is 1. The monoisotopic (exact) mass is 553 g/mol. The van der Waals surface area contributed by atoms with Crippen molar-refractivity contribution < 1.29 is 61.5 Å². The van der Waals surface area contributed by atoms with E-state index in [-0.39, 0.29) is 78.9 Å². The summed E-state index contributed by atoms with van der Waals surface area (Å²) in [6.07, 6.45) is 3.90. The normalized spacial score (nSPS) is 10.9. The second-order valence-electron chi connectivity index (χ2n) is 7.31. The zero-order valence-corrected chi connectivity index (χ0v) is 22.3. The van der Waals surface area contributed by atoms with Gasteiger partial charge in [-0.05, 0) is 42.5 Å². The van der Waals surface area contributed by atoms with Crippen LogP contribution in [0.4, 0.5) is 20.2 Å². The van der Waals surface area contributed by atoms with Crippen LogP contribution in [0, 0.1) is 0 Å². The van der Waals surface area contributed by atoms with E-state index >= 15 is 0 Å². The first-order chi connectivity index (χ1) is 17.3.